The Balaban J connectivity index is 1.77. The summed E-state index contributed by atoms with van der Waals surface area (Å²) in [7, 11) is -5.27. The van der Waals surface area contributed by atoms with Crippen molar-refractivity contribution in [2.24, 2.45) is 23.2 Å². The van der Waals surface area contributed by atoms with Gasteiger partial charge in [0.15, 0.2) is 25.0 Å². The van der Waals surface area contributed by atoms with E-state index in [4.69, 9.17) is 13.3 Å². The maximum atomic E-state index is 7.11. The molecule has 0 aromatic rings. The lowest BCUT2D eigenvalue weighted by Crippen LogP contribution is -2.48. The molecular weight excluding hydrogens is 625 g/mol. The molecule has 0 spiro atoms. The first-order chi connectivity index (χ1) is 21.2. The predicted molar refractivity (Wildman–Crippen MR) is 214 cm³/mol. The Kier molecular flexibility index (Phi) is 13.2. The molecule has 3 fully saturated rings. The van der Waals surface area contributed by atoms with Crippen LogP contribution in [-0.4, -0.2) is 42.8 Å². The standard InChI is InChI=1S/C41H80O3Si3/c1-31(20-18-26-40(8,9)44-45(11,12)13)36-24-25-37-33(21-19-27-41(36,37)10)23-22-32-28-34(42-46(14,15)38(2,3)4)30-35(29-32)43-47(16,17)39(5,6)7/h22-23,31,34-37H,18-21,24-30H2,1-17H3/b33-23+/t31-,34-,35-,36-,37?,41-/m1/s1. The lowest BCUT2D eigenvalue weighted by molar-refractivity contribution is 0.0718. The number of hydrogen-bond acceptors (Lipinski definition) is 3. The molecule has 3 aliphatic carbocycles. The van der Waals surface area contributed by atoms with Crippen LogP contribution in [0, 0.1) is 23.2 Å². The van der Waals surface area contributed by atoms with E-state index in [1.807, 2.05) is 0 Å². The molecule has 3 rings (SSSR count). The molecule has 0 aliphatic heterocycles. The minimum Gasteiger partial charge on any atom is -0.414 e. The molecular formula is C41H80O3Si3. The molecule has 6 heteroatoms. The minimum atomic E-state index is -1.87. The van der Waals surface area contributed by atoms with Crippen molar-refractivity contribution in [2.75, 3.05) is 0 Å². The lowest BCUT2D eigenvalue weighted by Gasteiger charge is -2.45. The number of fused-ring (bicyclic) bond motifs is 1. The van der Waals surface area contributed by atoms with Gasteiger partial charge in [0.1, 0.15) is 0 Å². The highest BCUT2D eigenvalue weighted by molar-refractivity contribution is 6.74. The van der Waals surface area contributed by atoms with Crippen LogP contribution in [0.5, 0.6) is 0 Å². The molecule has 6 atom stereocenters. The van der Waals surface area contributed by atoms with Gasteiger partial charge >= 0.3 is 0 Å². The molecule has 0 saturated heterocycles. The Bertz CT molecular complexity index is 1060. The first-order valence-electron chi connectivity index (χ1n) is 19.6. The van der Waals surface area contributed by atoms with Crippen LogP contribution in [0.25, 0.3) is 0 Å². The molecule has 0 N–H and O–H groups in total. The van der Waals surface area contributed by atoms with Crippen molar-refractivity contribution >= 4 is 25.0 Å². The van der Waals surface area contributed by atoms with Gasteiger partial charge in [-0.3, -0.25) is 0 Å². The van der Waals surface area contributed by atoms with Gasteiger partial charge < -0.3 is 13.3 Å². The van der Waals surface area contributed by atoms with E-state index in [1.54, 1.807) is 11.1 Å². The highest BCUT2D eigenvalue weighted by Gasteiger charge is 2.50. The molecule has 0 radical (unpaired) electrons. The fourth-order valence-electron chi connectivity index (χ4n) is 9.00. The molecule has 47 heavy (non-hydrogen) atoms. The van der Waals surface area contributed by atoms with Gasteiger partial charge in [-0.1, -0.05) is 91.5 Å². The van der Waals surface area contributed by atoms with E-state index in [1.165, 1.54) is 51.4 Å². The maximum absolute atomic E-state index is 7.11. The van der Waals surface area contributed by atoms with E-state index in [9.17, 15) is 0 Å². The highest BCUT2D eigenvalue weighted by atomic mass is 28.4. The lowest BCUT2D eigenvalue weighted by atomic mass is 9.60. The van der Waals surface area contributed by atoms with Crippen LogP contribution in [0.4, 0.5) is 0 Å². The average molecular weight is 705 g/mol. The third-order valence-corrected chi connectivity index (χ3v) is 23.6. The van der Waals surface area contributed by atoms with E-state index < -0.39 is 25.0 Å². The Morgan fingerprint density at radius 3 is 1.83 bits per heavy atom. The summed E-state index contributed by atoms with van der Waals surface area (Å²) in [6.45, 7) is 40.7. The van der Waals surface area contributed by atoms with Gasteiger partial charge in [0.05, 0.1) is 17.8 Å². The summed E-state index contributed by atoms with van der Waals surface area (Å²) in [5, 5.41) is 0.430. The molecule has 0 aromatic heterocycles. The molecule has 0 heterocycles. The zero-order valence-corrected chi connectivity index (χ0v) is 37.5. The average Bonchev–Trinajstić information content (AvgIpc) is 3.21. The molecule has 274 valence electrons. The third kappa shape index (κ3) is 11.0. The molecule has 0 aromatic carbocycles. The normalized spacial score (nSPS) is 30.1. The fourth-order valence-corrected chi connectivity index (χ4v) is 13.5. The Labute approximate surface area is 297 Å². The summed E-state index contributed by atoms with van der Waals surface area (Å²) in [5.74, 6) is 2.36. The van der Waals surface area contributed by atoms with Crippen LogP contribution >= 0.6 is 0 Å². The second kappa shape index (κ2) is 14.9. The fraction of sp³-hybridized carbons (Fsp3) is 0.902. The summed E-state index contributed by atoms with van der Waals surface area (Å²) >= 11 is 0. The summed E-state index contributed by atoms with van der Waals surface area (Å²) < 4.78 is 20.7. The molecule has 3 aliphatic rings. The van der Waals surface area contributed by atoms with E-state index in [2.05, 4.69) is 127 Å². The predicted octanol–water partition coefficient (Wildman–Crippen LogP) is 13.5. The van der Waals surface area contributed by atoms with Crippen molar-refractivity contribution in [3.63, 3.8) is 0 Å². The van der Waals surface area contributed by atoms with E-state index in [-0.39, 0.29) is 27.9 Å². The molecule has 3 nitrogen and oxygen atoms in total. The van der Waals surface area contributed by atoms with Crippen molar-refractivity contribution in [1.82, 2.24) is 0 Å². The first kappa shape index (κ1) is 41.4. The largest absolute Gasteiger partial charge is 0.414 e. The summed E-state index contributed by atoms with van der Waals surface area (Å²) in [6.07, 6.45) is 19.4. The van der Waals surface area contributed by atoms with Crippen LogP contribution < -0.4 is 0 Å². The van der Waals surface area contributed by atoms with Gasteiger partial charge in [-0.05, 0) is 151 Å². The summed E-state index contributed by atoms with van der Waals surface area (Å²) in [6, 6.07) is 0. The van der Waals surface area contributed by atoms with Gasteiger partial charge in [-0.2, -0.15) is 0 Å². The van der Waals surface area contributed by atoms with E-state index in [0.717, 1.165) is 37.0 Å². The van der Waals surface area contributed by atoms with Crippen LogP contribution in [0.3, 0.4) is 0 Å². The summed E-state index contributed by atoms with van der Waals surface area (Å²) in [5.41, 5.74) is 3.73. The summed E-state index contributed by atoms with van der Waals surface area (Å²) in [4.78, 5) is 0. The SMILES string of the molecule is C[C@H](CCCC(C)(C)O[Si](C)(C)C)[C@H]1CCC2/C(=C/C=C3C[C@@H](O[Si](C)(C)C(C)(C)C)C[C@H](O[Si](C)(C)C(C)(C)C)C3)CCC[C@@]21C. The highest BCUT2D eigenvalue weighted by Crippen LogP contribution is 2.60. The third-order valence-electron chi connectivity index (χ3n) is 13.3. The van der Waals surface area contributed by atoms with Crippen LogP contribution in [0.1, 0.15) is 140 Å². The topological polar surface area (TPSA) is 27.7 Å². The number of hydrogen-bond donors (Lipinski definition) is 0. The van der Waals surface area contributed by atoms with Crippen molar-refractivity contribution in [3.05, 3.63) is 23.3 Å². The van der Waals surface area contributed by atoms with Gasteiger partial charge in [0, 0.05) is 0 Å². The quantitative estimate of drug-likeness (QED) is 0.189. The van der Waals surface area contributed by atoms with E-state index >= 15 is 0 Å². The Morgan fingerprint density at radius 2 is 1.34 bits per heavy atom. The Hall–Kier alpha value is 0.0106. The van der Waals surface area contributed by atoms with Crippen LogP contribution in [-0.2, 0) is 13.3 Å². The van der Waals surface area contributed by atoms with Gasteiger partial charge in [-0.25, -0.2) is 0 Å². The zero-order valence-electron chi connectivity index (χ0n) is 34.5. The van der Waals surface area contributed by atoms with Gasteiger partial charge in [-0.15, -0.1) is 0 Å². The number of allylic oxidation sites excluding steroid dienone is 3. The van der Waals surface area contributed by atoms with Crippen LogP contribution in [0.2, 0.25) is 55.9 Å². The van der Waals surface area contributed by atoms with Crippen molar-refractivity contribution in [1.29, 1.82) is 0 Å². The van der Waals surface area contributed by atoms with Gasteiger partial charge in [0.25, 0.3) is 0 Å². The van der Waals surface area contributed by atoms with Crippen molar-refractivity contribution in [2.45, 2.75) is 214 Å². The molecule has 0 bridgehead atoms. The number of rotatable bonds is 12. The first-order valence-corrected chi connectivity index (χ1v) is 28.8. The van der Waals surface area contributed by atoms with E-state index in [0.29, 0.717) is 5.41 Å². The minimum absolute atomic E-state index is 0.00311. The zero-order chi connectivity index (χ0) is 35.9. The smallest absolute Gasteiger partial charge is 0.192 e. The maximum Gasteiger partial charge on any atom is 0.192 e. The Morgan fingerprint density at radius 1 is 0.809 bits per heavy atom. The van der Waals surface area contributed by atoms with Crippen molar-refractivity contribution in [3.8, 4) is 0 Å². The molecule has 3 saturated carbocycles. The monoisotopic (exact) mass is 705 g/mol. The molecule has 0 amide bonds. The van der Waals surface area contributed by atoms with Crippen LogP contribution in [0.15, 0.2) is 23.3 Å². The second-order valence-corrected chi connectivity index (χ2v) is 35.1. The second-order valence-electron chi connectivity index (χ2n) is 21.2. The van der Waals surface area contributed by atoms with Gasteiger partial charge in [0.2, 0.25) is 0 Å². The molecule has 1 unspecified atom stereocenters. The van der Waals surface area contributed by atoms with Crippen molar-refractivity contribution < 1.29 is 13.3 Å².